The van der Waals surface area contributed by atoms with Crippen LogP contribution in [0.1, 0.15) is 36.5 Å². The van der Waals surface area contributed by atoms with Gasteiger partial charge in [-0.2, -0.15) is 0 Å². The lowest BCUT2D eigenvalue weighted by molar-refractivity contribution is 0.0747. The van der Waals surface area contributed by atoms with Crippen LogP contribution in [-0.4, -0.2) is 46.5 Å². The van der Waals surface area contributed by atoms with Gasteiger partial charge in [0.2, 0.25) is 0 Å². The molecule has 0 unspecified atom stereocenters. The summed E-state index contributed by atoms with van der Waals surface area (Å²) >= 11 is 0. The summed E-state index contributed by atoms with van der Waals surface area (Å²) in [6, 6.07) is 13.1. The van der Waals surface area contributed by atoms with Crippen molar-refractivity contribution in [1.29, 1.82) is 0 Å². The van der Waals surface area contributed by atoms with Gasteiger partial charge in [-0.25, -0.2) is 8.42 Å². The molecule has 2 aromatic rings. The first kappa shape index (κ1) is 21.2. The van der Waals surface area contributed by atoms with Gasteiger partial charge in [-0.1, -0.05) is 13.0 Å². The van der Waals surface area contributed by atoms with Crippen molar-refractivity contribution >= 4 is 21.6 Å². The number of amides is 1. The van der Waals surface area contributed by atoms with E-state index in [0.717, 1.165) is 25.8 Å². The van der Waals surface area contributed by atoms with Crippen LogP contribution in [0, 0.1) is 5.92 Å². The molecule has 0 N–H and O–H groups in total. The number of carbonyl (C=O) groups excluding carboxylic acids is 1. The monoisotopic (exact) mass is 416 g/mol. The highest BCUT2D eigenvalue weighted by atomic mass is 32.2. The number of carbonyl (C=O) groups is 1. The Labute approximate surface area is 173 Å². The van der Waals surface area contributed by atoms with Crippen molar-refractivity contribution in [1.82, 2.24) is 4.90 Å². The van der Waals surface area contributed by atoms with Crippen LogP contribution in [0.3, 0.4) is 0 Å². The first-order valence-electron chi connectivity index (χ1n) is 9.89. The quantitative estimate of drug-likeness (QED) is 0.624. The van der Waals surface area contributed by atoms with Crippen LogP contribution in [0.15, 0.2) is 53.4 Å². The Kier molecular flexibility index (Phi) is 6.47. The molecule has 6 nitrogen and oxygen atoms in total. The molecule has 1 aliphatic rings. The van der Waals surface area contributed by atoms with Crippen LogP contribution in [-0.2, 0) is 10.0 Å². The van der Waals surface area contributed by atoms with Crippen molar-refractivity contribution in [2.45, 2.75) is 31.1 Å². The van der Waals surface area contributed by atoms with Crippen LogP contribution in [0.4, 0.5) is 5.69 Å². The van der Waals surface area contributed by atoms with Crippen LogP contribution >= 0.6 is 0 Å². The van der Waals surface area contributed by atoms with Crippen LogP contribution in [0.5, 0.6) is 5.75 Å². The molecule has 0 atom stereocenters. The zero-order chi connectivity index (χ0) is 21.0. The minimum atomic E-state index is -3.79. The topological polar surface area (TPSA) is 66.9 Å². The Hall–Kier alpha value is -2.54. The zero-order valence-electron chi connectivity index (χ0n) is 17.2. The Balaban J connectivity index is 1.85. The maximum absolute atomic E-state index is 13.1. The Bertz CT molecular complexity index is 953. The van der Waals surface area contributed by atoms with E-state index in [1.54, 1.807) is 43.5 Å². The molecule has 156 valence electrons. The van der Waals surface area contributed by atoms with Crippen molar-refractivity contribution in [3.8, 4) is 5.75 Å². The summed E-state index contributed by atoms with van der Waals surface area (Å²) in [7, 11) is -0.734. The third-order valence-corrected chi connectivity index (χ3v) is 6.91. The molecule has 0 heterocycles. The maximum Gasteiger partial charge on any atom is 0.264 e. The van der Waals surface area contributed by atoms with Gasteiger partial charge in [-0.15, -0.1) is 0 Å². The van der Waals surface area contributed by atoms with E-state index in [1.165, 1.54) is 23.5 Å². The van der Waals surface area contributed by atoms with Gasteiger partial charge in [0.05, 0.1) is 17.7 Å². The standard InChI is InChI=1S/C22H28N2O4S/c1-4-14-24(16-17-8-9-17)22(25)18-6-5-7-21(15-18)29(26,27)23(2)19-10-12-20(28-3)13-11-19/h5-7,10-13,15,17H,4,8-9,14,16H2,1-3H3. The van der Waals surface area contributed by atoms with Crippen molar-refractivity contribution in [3.63, 3.8) is 0 Å². The highest BCUT2D eigenvalue weighted by Crippen LogP contribution is 2.30. The van der Waals surface area contributed by atoms with Gasteiger partial charge in [0.1, 0.15) is 5.75 Å². The normalized spacial score (nSPS) is 13.8. The third kappa shape index (κ3) is 4.90. The molecular formula is C22H28N2O4S. The van der Waals surface area contributed by atoms with Crippen molar-refractivity contribution in [2.24, 2.45) is 5.92 Å². The van der Waals surface area contributed by atoms with Gasteiger partial charge >= 0.3 is 0 Å². The molecule has 1 saturated carbocycles. The summed E-state index contributed by atoms with van der Waals surface area (Å²) in [6.07, 6.45) is 3.19. The minimum Gasteiger partial charge on any atom is -0.497 e. The van der Waals surface area contributed by atoms with Crippen molar-refractivity contribution in [2.75, 3.05) is 31.6 Å². The van der Waals surface area contributed by atoms with E-state index < -0.39 is 10.0 Å². The molecule has 7 heteroatoms. The predicted molar refractivity (Wildman–Crippen MR) is 114 cm³/mol. The molecule has 2 aromatic carbocycles. The molecule has 0 aromatic heterocycles. The minimum absolute atomic E-state index is 0.101. The second-order valence-corrected chi connectivity index (χ2v) is 9.36. The number of hydrogen-bond donors (Lipinski definition) is 0. The van der Waals surface area contributed by atoms with E-state index in [0.29, 0.717) is 29.5 Å². The number of methoxy groups -OCH3 is 1. The number of ether oxygens (including phenoxy) is 1. The van der Waals surface area contributed by atoms with Crippen LogP contribution in [0.2, 0.25) is 0 Å². The van der Waals surface area contributed by atoms with Gasteiger partial charge in [-0.3, -0.25) is 9.10 Å². The molecule has 3 rings (SSSR count). The third-order valence-electron chi connectivity index (χ3n) is 5.13. The zero-order valence-corrected chi connectivity index (χ0v) is 18.0. The molecule has 29 heavy (non-hydrogen) atoms. The summed E-state index contributed by atoms with van der Waals surface area (Å²) < 4.78 is 32.6. The first-order chi connectivity index (χ1) is 13.9. The second kappa shape index (κ2) is 8.86. The second-order valence-electron chi connectivity index (χ2n) is 7.39. The van der Waals surface area contributed by atoms with Crippen molar-refractivity contribution < 1.29 is 17.9 Å². The van der Waals surface area contributed by atoms with E-state index >= 15 is 0 Å². The molecule has 1 aliphatic carbocycles. The maximum atomic E-state index is 13.1. The summed E-state index contributed by atoms with van der Waals surface area (Å²) in [6.45, 7) is 3.46. The van der Waals surface area contributed by atoms with E-state index in [1.807, 2.05) is 11.8 Å². The Morgan fingerprint density at radius 1 is 1.14 bits per heavy atom. The van der Waals surface area contributed by atoms with Gasteiger partial charge in [-0.05, 0) is 67.6 Å². The fraction of sp³-hybridized carbons (Fsp3) is 0.409. The van der Waals surface area contributed by atoms with Gasteiger partial charge in [0.25, 0.3) is 15.9 Å². The summed E-state index contributed by atoms with van der Waals surface area (Å²) in [4.78, 5) is 14.9. The lowest BCUT2D eigenvalue weighted by Crippen LogP contribution is -2.34. The van der Waals surface area contributed by atoms with Crippen LogP contribution in [0.25, 0.3) is 0 Å². The molecule has 0 bridgehead atoms. The highest BCUT2D eigenvalue weighted by molar-refractivity contribution is 7.92. The van der Waals surface area contributed by atoms with Gasteiger partial charge in [0, 0.05) is 25.7 Å². The molecule has 0 saturated heterocycles. The lowest BCUT2D eigenvalue weighted by atomic mass is 10.2. The Morgan fingerprint density at radius 2 is 1.83 bits per heavy atom. The molecule has 0 aliphatic heterocycles. The SMILES string of the molecule is CCCN(CC1CC1)C(=O)c1cccc(S(=O)(=O)N(C)c2ccc(OC)cc2)c1. The Morgan fingerprint density at radius 3 is 2.41 bits per heavy atom. The number of sulfonamides is 1. The average molecular weight is 417 g/mol. The number of hydrogen-bond acceptors (Lipinski definition) is 4. The summed E-state index contributed by atoms with van der Waals surface area (Å²) in [5.41, 5.74) is 0.923. The van der Waals surface area contributed by atoms with Crippen LogP contribution < -0.4 is 9.04 Å². The molecule has 1 fully saturated rings. The number of benzene rings is 2. The number of rotatable bonds is 9. The highest BCUT2D eigenvalue weighted by Gasteiger charge is 2.28. The van der Waals surface area contributed by atoms with Crippen molar-refractivity contribution in [3.05, 3.63) is 54.1 Å². The predicted octanol–water partition coefficient (Wildman–Crippen LogP) is 3.78. The fourth-order valence-corrected chi connectivity index (χ4v) is 4.46. The number of anilines is 1. The lowest BCUT2D eigenvalue weighted by Gasteiger charge is -2.23. The van der Waals surface area contributed by atoms with Gasteiger partial charge in [0.15, 0.2) is 0 Å². The van der Waals surface area contributed by atoms with E-state index in [2.05, 4.69) is 0 Å². The average Bonchev–Trinajstić information content (AvgIpc) is 3.56. The fourth-order valence-electron chi connectivity index (χ4n) is 3.22. The molecular weight excluding hydrogens is 388 g/mol. The smallest absolute Gasteiger partial charge is 0.264 e. The largest absolute Gasteiger partial charge is 0.497 e. The van der Waals surface area contributed by atoms with E-state index in [9.17, 15) is 13.2 Å². The first-order valence-corrected chi connectivity index (χ1v) is 11.3. The molecule has 1 amide bonds. The summed E-state index contributed by atoms with van der Waals surface area (Å²) in [5, 5.41) is 0. The van der Waals surface area contributed by atoms with Gasteiger partial charge < -0.3 is 9.64 Å². The summed E-state index contributed by atoms with van der Waals surface area (Å²) in [5.74, 6) is 1.13. The number of nitrogens with zero attached hydrogens (tertiary/aromatic N) is 2. The molecule has 0 radical (unpaired) electrons. The molecule has 0 spiro atoms. The van der Waals surface area contributed by atoms with E-state index in [-0.39, 0.29) is 10.8 Å². The van der Waals surface area contributed by atoms with E-state index in [4.69, 9.17) is 4.74 Å².